The van der Waals surface area contributed by atoms with Gasteiger partial charge < -0.3 is 20.1 Å². The zero-order valence-corrected chi connectivity index (χ0v) is 19.3. The molecule has 0 radical (unpaired) electrons. The van der Waals surface area contributed by atoms with Crippen molar-refractivity contribution in [1.82, 2.24) is 35.0 Å². The largest absolute Gasteiger partial charge is 0.353 e. The van der Waals surface area contributed by atoms with Crippen molar-refractivity contribution in [2.75, 3.05) is 70.3 Å². The second kappa shape index (κ2) is 9.41. The number of rotatable bonds is 5. The van der Waals surface area contributed by atoms with Gasteiger partial charge in [-0.2, -0.15) is 0 Å². The van der Waals surface area contributed by atoms with Crippen LogP contribution < -0.4 is 10.2 Å². The molecule has 2 aromatic rings. The number of hydrogen-bond donors (Lipinski definition) is 2. The predicted molar refractivity (Wildman–Crippen MR) is 123 cm³/mol. The number of amides is 2. The van der Waals surface area contributed by atoms with E-state index in [0.29, 0.717) is 26.2 Å². The van der Waals surface area contributed by atoms with Gasteiger partial charge in [-0.15, -0.1) is 0 Å². The lowest BCUT2D eigenvalue weighted by Crippen LogP contribution is -2.55. The predicted octanol–water partition coefficient (Wildman–Crippen LogP) is 0.139. The first-order chi connectivity index (χ1) is 15.3. The Kier molecular flexibility index (Phi) is 6.61. The maximum atomic E-state index is 12.8. The van der Waals surface area contributed by atoms with E-state index in [1.165, 1.54) is 0 Å². The lowest BCUT2D eigenvalue weighted by atomic mass is 10.1. The lowest BCUT2D eigenvalue weighted by molar-refractivity contribution is -0.134. The molecule has 2 N–H and O–H groups in total. The van der Waals surface area contributed by atoms with Crippen molar-refractivity contribution in [2.24, 2.45) is 0 Å². The monoisotopic (exact) mass is 442 g/mol. The fourth-order valence-electron chi connectivity index (χ4n) is 4.34. The average molecular weight is 443 g/mol. The van der Waals surface area contributed by atoms with E-state index in [0.717, 1.165) is 56.1 Å². The van der Waals surface area contributed by atoms with Crippen molar-refractivity contribution < 1.29 is 9.59 Å². The van der Waals surface area contributed by atoms with E-state index in [9.17, 15) is 9.59 Å². The molecule has 2 fully saturated rings. The van der Waals surface area contributed by atoms with Gasteiger partial charge in [-0.05, 0) is 26.8 Å². The number of H-pyrrole nitrogens is 1. The van der Waals surface area contributed by atoms with Crippen LogP contribution in [0, 0.1) is 0 Å². The molecule has 0 saturated carbocycles. The van der Waals surface area contributed by atoms with E-state index in [-0.39, 0.29) is 17.4 Å². The minimum Gasteiger partial charge on any atom is -0.353 e. The van der Waals surface area contributed by atoms with Gasteiger partial charge in [-0.3, -0.25) is 19.4 Å². The first kappa shape index (κ1) is 22.5. The minimum atomic E-state index is -0.222. The Bertz CT molecular complexity index is 937. The van der Waals surface area contributed by atoms with Gasteiger partial charge in [0, 0.05) is 64.1 Å². The summed E-state index contributed by atoms with van der Waals surface area (Å²) in [5.41, 5.74) is 0.627. The third kappa shape index (κ3) is 5.55. The zero-order chi connectivity index (χ0) is 22.7. The van der Waals surface area contributed by atoms with Crippen LogP contribution in [-0.2, 0) is 9.59 Å². The highest BCUT2D eigenvalue weighted by Gasteiger charge is 2.26. The van der Waals surface area contributed by atoms with Crippen molar-refractivity contribution in [1.29, 1.82) is 0 Å². The Morgan fingerprint density at radius 2 is 1.62 bits per heavy atom. The molecule has 4 rings (SSSR count). The fraction of sp³-hybridized carbons (Fsp3) is 0.636. The van der Waals surface area contributed by atoms with Gasteiger partial charge >= 0.3 is 0 Å². The van der Waals surface area contributed by atoms with Crippen molar-refractivity contribution >= 4 is 28.7 Å². The number of nitrogens with zero attached hydrogens (tertiary/aromatic N) is 6. The molecule has 32 heavy (non-hydrogen) atoms. The number of piperazine rings is 2. The van der Waals surface area contributed by atoms with Crippen LogP contribution in [0.1, 0.15) is 20.8 Å². The molecule has 0 atom stereocenters. The normalized spacial score (nSPS) is 18.8. The maximum Gasteiger partial charge on any atom is 0.236 e. The molecule has 4 heterocycles. The maximum absolute atomic E-state index is 12.8. The van der Waals surface area contributed by atoms with E-state index in [1.54, 1.807) is 6.33 Å². The van der Waals surface area contributed by atoms with Gasteiger partial charge in [0.1, 0.15) is 17.8 Å². The third-order valence-electron chi connectivity index (χ3n) is 5.97. The van der Waals surface area contributed by atoms with Gasteiger partial charge in [0.05, 0.1) is 18.5 Å². The first-order valence-corrected chi connectivity index (χ1v) is 11.3. The molecule has 0 aliphatic carbocycles. The number of nitrogens with one attached hydrogen (secondary N) is 2. The summed E-state index contributed by atoms with van der Waals surface area (Å²) >= 11 is 0. The Labute approximate surface area is 189 Å². The van der Waals surface area contributed by atoms with Crippen LogP contribution >= 0.6 is 0 Å². The summed E-state index contributed by atoms with van der Waals surface area (Å²) in [5, 5.41) is 4.03. The minimum absolute atomic E-state index is 0.0377. The van der Waals surface area contributed by atoms with Crippen molar-refractivity contribution in [3.63, 3.8) is 0 Å². The molecule has 2 saturated heterocycles. The summed E-state index contributed by atoms with van der Waals surface area (Å²) in [6, 6.07) is 2.01. The summed E-state index contributed by atoms with van der Waals surface area (Å²) in [5.74, 6) is 1.16. The summed E-state index contributed by atoms with van der Waals surface area (Å²) in [6.07, 6.45) is 3.48. The van der Waals surface area contributed by atoms with Gasteiger partial charge in [-0.25, -0.2) is 9.97 Å². The summed E-state index contributed by atoms with van der Waals surface area (Å²) in [4.78, 5) is 45.4. The van der Waals surface area contributed by atoms with Crippen LogP contribution in [0.3, 0.4) is 0 Å². The number of carbonyl (C=O) groups excluding carboxylic acids is 2. The number of anilines is 1. The summed E-state index contributed by atoms with van der Waals surface area (Å²) in [7, 11) is 0. The molecule has 10 heteroatoms. The molecule has 2 aromatic heterocycles. The second-order valence-electron chi connectivity index (χ2n) is 9.66. The van der Waals surface area contributed by atoms with Gasteiger partial charge in [-0.1, -0.05) is 0 Å². The van der Waals surface area contributed by atoms with E-state index in [4.69, 9.17) is 0 Å². The zero-order valence-electron chi connectivity index (χ0n) is 19.3. The molecule has 0 spiro atoms. The van der Waals surface area contributed by atoms with Gasteiger partial charge in [0.2, 0.25) is 11.8 Å². The number of aromatic amines is 1. The smallest absolute Gasteiger partial charge is 0.236 e. The Morgan fingerprint density at radius 1 is 0.969 bits per heavy atom. The molecular formula is C22H34N8O2. The Balaban J connectivity index is 1.20. The van der Waals surface area contributed by atoms with E-state index >= 15 is 0 Å². The van der Waals surface area contributed by atoms with Crippen LogP contribution in [0.15, 0.2) is 18.6 Å². The van der Waals surface area contributed by atoms with E-state index < -0.39 is 0 Å². The summed E-state index contributed by atoms with van der Waals surface area (Å²) in [6.45, 7) is 12.9. The van der Waals surface area contributed by atoms with Crippen LogP contribution in [-0.4, -0.2) is 112 Å². The fourth-order valence-corrected chi connectivity index (χ4v) is 4.34. The highest BCUT2D eigenvalue weighted by atomic mass is 16.2. The van der Waals surface area contributed by atoms with Crippen LogP contribution in [0.2, 0.25) is 0 Å². The van der Waals surface area contributed by atoms with Crippen LogP contribution in [0.5, 0.6) is 0 Å². The molecule has 2 aliphatic heterocycles. The number of hydrogen-bond acceptors (Lipinski definition) is 7. The molecule has 10 nitrogen and oxygen atoms in total. The molecule has 174 valence electrons. The highest BCUT2D eigenvalue weighted by molar-refractivity contribution is 5.87. The second-order valence-corrected chi connectivity index (χ2v) is 9.66. The van der Waals surface area contributed by atoms with Crippen molar-refractivity contribution in [3.8, 4) is 0 Å². The molecule has 2 aliphatic rings. The number of carbonyl (C=O) groups is 2. The molecule has 0 unspecified atom stereocenters. The van der Waals surface area contributed by atoms with Crippen molar-refractivity contribution in [2.45, 2.75) is 26.3 Å². The average Bonchev–Trinajstić information content (AvgIpc) is 3.22. The number of fused-ring (bicyclic) bond motifs is 1. The highest BCUT2D eigenvalue weighted by Crippen LogP contribution is 2.23. The number of aromatic nitrogens is 3. The SMILES string of the molecule is CC(C)(C)NC(=O)CN1CCN(C(=O)CN2CCN(c3ncnc4[nH]ccc34)CC2)CC1. The third-order valence-corrected chi connectivity index (χ3v) is 5.97. The molecule has 0 aromatic carbocycles. The standard InChI is InChI=1S/C22H34N8O2/c1-22(2,3)26-18(31)14-27-6-10-29(11-7-27)19(32)15-28-8-12-30(13-9-28)21-17-4-5-23-20(17)24-16-25-21/h4-5,16H,6-15H2,1-3H3,(H,26,31)(H,23,24,25). The van der Waals surface area contributed by atoms with Gasteiger partial charge in [0.15, 0.2) is 0 Å². The van der Waals surface area contributed by atoms with Gasteiger partial charge in [0.25, 0.3) is 0 Å². The summed E-state index contributed by atoms with van der Waals surface area (Å²) < 4.78 is 0. The van der Waals surface area contributed by atoms with Crippen molar-refractivity contribution in [3.05, 3.63) is 18.6 Å². The first-order valence-electron chi connectivity index (χ1n) is 11.3. The topological polar surface area (TPSA) is 101 Å². The molecular weight excluding hydrogens is 408 g/mol. The quantitative estimate of drug-likeness (QED) is 0.679. The molecule has 0 bridgehead atoms. The molecule has 2 amide bonds. The van der Waals surface area contributed by atoms with Crippen LogP contribution in [0.4, 0.5) is 5.82 Å². The van der Waals surface area contributed by atoms with E-state index in [2.05, 4.69) is 35.0 Å². The van der Waals surface area contributed by atoms with Crippen LogP contribution in [0.25, 0.3) is 11.0 Å². The Morgan fingerprint density at radius 3 is 2.31 bits per heavy atom. The lowest BCUT2D eigenvalue weighted by Gasteiger charge is -2.38. The van der Waals surface area contributed by atoms with E-state index in [1.807, 2.05) is 37.9 Å². The Hall–Kier alpha value is -2.72.